The van der Waals surface area contributed by atoms with Crippen LogP contribution in [0.2, 0.25) is 0 Å². The molecular formula is C17H16F2N2O3S. The number of fused-ring (bicyclic) bond motifs is 1. The number of benzene rings is 2. The predicted octanol–water partition coefficient (Wildman–Crippen LogP) is 3.06. The van der Waals surface area contributed by atoms with Crippen molar-refractivity contribution >= 4 is 27.3 Å². The molecule has 1 N–H and O–H groups in total. The zero-order valence-electron chi connectivity index (χ0n) is 13.6. The molecule has 25 heavy (non-hydrogen) atoms. The number of nitrogens with one attached hydrogen (secondary N) is 1. The Morgan fingerprint density at radius 3 is 2.40 bits per heavy atom. The highest BCUT2D eigenvalue weighted by Gasteiger charge is 2.30. The fourth-order valence-corrected chi connectivity index (χ4v) is 4.17. The minimum absolute atomic E-state index is 0.0338. The summed E-state index contributed by atoms with van der Waals surface area (Å²) in [5, 5.41) is 0. The lowest BCUT2D eigenvalue weighted by atomic mass is 10.1. The van der Waals surface area contributed by atoms with Crippen LogP contribution in [0.15, 0.2) is 41.3 Å². The van der Waals surface area contributed by atoms with Crippen molar-refractivity contribution in [2.24, 2.45) is 0 Å². The van der Waals surface area contributed by atoms with Crippen molar-refractivity contribution in [1.29, 1.82) is 0 Å². The van der Waals surface area contributed by atoms with Crippen molar-refractivity contribution in [2.45, 2.75) is 31.2 Å². The van der Waals surface area contributed by atoms with Gasteiger partial charge in [-0.3, -0.25) is 9.52 Å². The van der Waals surface area contributed by atoms with Crippen LogP contribution in [-0.4, -0.2) is 20.4 Å². The number of carbonyl (C=O) groups is 1. The summed E-state index contributed by atoms with van der Waals surface area (Å²) >= 11 is 0. The van der Waals surface area contributed by atoms with E-state index in [1.54, 1.807) is 11.0 Å². The maximum atomic E-state index is 13.2. The standard InChI is InChI=1S/C17H16F2N2O3S/c1-10-5-12-6-16(3-4-17(12)21(10)11(2)22)25(23,24)20-15-8-13(18)7-14(19)9-15/h3-4,6-10,20H,5H2,1-2H3/t10-/m1/s1. The SMILES string of the molecule is CC(=O)N1c2ccc(S(=O)(=O)Nc3cc(F)cc(F)c3)cc2C[C@H]1C. The van der Waals surface area contributed by atoms with E-state index in [4.69, 9.17) is 0 Å². The third-order valence-electron chi connectivity index (χ3n) is 4.03. The first kappa shape index (κ1) is 17.3. The lowest BCUT2D eigenvalue weighted by Gasteiger charge is -2.20. The summed E-state index contributed by atoms with van der Waals surface area (Å²) in [5.41, 5.74) is 1.21. The van der Waals surface area contributed by atoms with Gasteiger partial charge in [-0.1, -0.05) is 0 Å². The molecule has 132 valence electrons. The lowest BCUT2D eigenvalue weighted by Crippen LogP contribution is -2.33. The van der Waals surface area contributed by atoms with E-state index in [0.29, 0.717) is 18.2 Å². The van der Waals surface area contributed by atoms with E-state index in [1.807, 2.05) is 6.92 Å². The molecule has 0 unspecified atom stereocenters. The van der Waals surface area contributed by atoms with Crippen LogP contribution in [0.25, 0.3) is 0 Å². The zero-order valence-corrected chi connectivity index (χ0v) is 14.4. The van der Waals surface area contributed by atoms with Crippen molar-refractivity contribution in [1.82, 2.24) is 0 Å². The van der Waals surface area contributed by atoms with Gasteiger partial charge < -0.3 is 4.90 Å². The maximum absolute atomic E-state index is 13.2. The quantitative estimate of drug-likeness (QED) is 0.908. The largest absolute Gasteiger partial charge is 0.309 e. The van der Waals surface area contributed by atoms with Crippen LogP contribution in [0, 0.1) is 11.6 Å². The number of halogens is 2. The molecule has 2 aromatic rings. The summed E-state index contributed by atoms with van der Waals surface area (Å²) < 4.78 is 53.6. The first-order chi connectivity index (χ1) is 11.7. The number of hydrogen-bond acceptors (Lipinski definition) is 3. The molecule has 0 fully saturated rings. The first-order valence-corrected chi connectivity index (χ1v) is 9.07. The fourth-order valence-electron chi connectivity index (χ4n) is 3.08. The second-order valence-corrected chi connectivity index (χ2v) is 7.68. The molecule has 0 saturated carbocycles. The van der Waals surface area contributed by atoms with Crippen LogP contribution in [0.3, 0.4) is 0 Å². The first-order valence-electron chi connectivity index (χ1n) is 7.59. The maximum Gasteiger partial charge on any atom is 0.261 e. The molecule has 8 heteroatoms. The van der Waals surface area contributed by atoms with Crippen LogP contribution in [-0.2, 0) is 21.2 Å². The van der Waals surface area contributed by atoms with Gasteiger partial charge in [-0.2, -0.15) is 0 Å². The van der Waals surface area contributed by atoms with Crippen molar-refractivity contribution in [2.75, 3.05) is 9.62 Å². The number of carbonyl (C=O) groups excluding carboxylic acids is 1. The van der Waals surface area contributed by atoms with Gasteiger partial charge in [0.15, 0.2) is 0 Å². The van der Waals surface area contributed by atoms with Crippen LogP contribution in [0.5, 0.6) is 0 Å². The van der Waals surface area contributed by atoms with Crippen LogP contribution >= 0.6 is 0 Å². The van der Waals surface area contributed by atoms with Gasteiger partial charge in [-0.05, 0) is 49.2 Å². The predicted molar refractivity (Wildman–Crippen MR) is 89.9 cm³/mol. The molecule has 1 amide bonds. The monoisotopic (exact) mass is 366 g/mol. The van der Waals surface area contributed by atoms with Gasteiger partial charge in [0.25, 0.3) is 10.0 Å². The van der Waals surface area contributed by atoms with E-state index >= 15 is 0 Å². The normalized spacial score (nSPS) is 16.6. The van der Waals surface area contributed by atoms with Crippen LogP contribution in [0.4, 0.5) is 20.2 Å². The van der Waals surface area contributed by atoms with Gasteiger partial charge in [-0.25, -0.2) is 17.2 Å². The van der Waals surface area contributed by atoms with Crippen LogP contribution < -0.4 is 9.62 Å². The number of hydrogen-bond donors (Lipinski definition) is 1. The molecule has 1 aliphatic rings. The van der Waals surface area contributed by atoms with Crippen molar-refractivity contribution in [3.63, 3.8) is 0 Å². The number of sulfonamides is 1. The Morgan fingerprint density at radius 1 is 1.16 bits per heavy atom. The Morgan fingerprint density at radius 2 is 1.80 bits per heavy atom. The summed E-state index contributed by atoms with van der Waals surface area (Å²) in [4.78, 5) is 13.3. The molecule has 0 bridgehead atoms. The molecule has 1 heterocycles. The van der Waals surface area contributed by atoms with Gasteiger partial charge in [-0.15, -0.1) is 0 Å². The molecule has 2 aromatic carbocycles. The number of anilines is 2. The van der Waals surface area contributed by atoms with E-state index in [-0.39, 0.29) is 22.5 Å². The molecule has 0 aromatic heterocycles. The Labute approximate surface area is 144 Å². The highest BCUT2D eigenvalue weighted by Crippen LogP contribution is 2.34. The summed E-state index contributed by atoms with van der Waals surface area (Å²) in [6, 6.07) is 6.81. The third kappa shape index (κ3) is 3.34. The van der Waals surface area contributed by atoms with E-state index in [2.05, 4.69) is 4.72 Å². The third-order valence-corrected chi connectivity index (χ3v) is 5.41. The minimum atomic E-state index is -4.01. The fraction of sp³-hybridized carbons (Fsp3) is 0.235. The molecule has 0 saturated heterocycles. The van der Waals surface area contributed by atoms with Gasteiger partial charge in [0.1, 0.15) is 11.6 Å². The molecule has 0 spiro atoms. The number of amides is 1. The van der Waals surface area contributed by atoms with Gasteiger partial charge >= 0.3 is 0 Å². The molecule has 0 aliphatic carbocycles. The Bertz CT molecular complexity index is 940. The highest BCUT2D eigenvalue weighted by molar-refractivity contribution is 7.92. The molecule has 3 rings (SSSR count). The molecule has 0 radical (unpaired) electrons. The van der Waals surface area contributed by atoms with E-state index in [1.165, 1.54) is 19.1 Å². The highest BCUT2D eigenvalue weighted by atomic mass is 32.2. The second-order valence-electron chi connectivity index (χ2n) is 6.00. The lowest BCUT2D eigenvalue weighted by molar-refractivity contribution is -0.116. The molecule has 1 atom stereocenters. The molecule has 5 nitrogen and oxygen atoms in total. The number of nitrogens with zero attached hydrogens (tertiary/aromatic N) is 1. The Kier molecular flexibility index (Phi) is 4.24. The average molecular weight is 366 g/mol. The topological polar surface area (TPSA) is 66.5 Å². The number of rotatable bonds is 3. The van der Waals surface area contributed by atoms with Crippen molar-refractivity contribution in [3.8, 4) is 0 Å². The summed E-state index contributed by atoms with van der Waals surface area (Å²) in [7, 11) is -4.01. The Balaban J connectivity index is 1.94. The minimum Gasteiger partial charge on any atom is -0.309 e. The summed E-state index contributed by atoms with van der Waals surface area (Å²) in [6.07, 6.45) is 0.535. The van der Waals surface area contributed by atoms with Gasteiger partial charge in [0, 0.05) is 24.7 Å². The van der Waals surface area contributed by atoms with E-state index < -0.39 is 21.7 Å². The average Bonchev–Trinajstić information content (AvgIpc) is 2.80. The van der Waals surface area contributed by atoms with Crippen LogP contribution in [0.1, 0.15) is 19.4 Å². The summed E-state index contributed by atoms with van der Waals surface area (Å²) in [5.74, 6) is -1.87. The Hall–Kier alpha value is -2.48. The van der Waals surface area contributed by atoms with Crippen molar-refractivity contribution in [3.05, 3.63) is 53.6 Å². The van der Waals surface area contributed by atoms with Crippen molar-refractivity contribution < 1.29 is 22.0 Å². The zero-order chi connectivity index (χ0) is 18.4. The van der Waals surface area contributed by atoms with E-state index in [0.717, 1.165) is 17.7 Å². The van der Waals surface area contributed by atoms with Gasteiger partial charge in [0.2, 0.25) is 5.91 Å². The molecular weight excluding hydrogens is 350 g/mol. The summed E-state index contributed by atoms with van der Waals surface area (Å²) in [6.45, 7) is 3.33. The molecule has 1 aliphatic heterocycles. The van der Waals surface area contributed by atoms with E-state index in [9.17, 15) is 22.0 Å². The second kappa shape index (κ2) is 6.11. The van der Waals surface area contributed by atoms with Gasteiger partial charge in [0.05, 0.1) is 10.6 Å². The smallest absolute Gasteiger partial charge is 0.261 e.